The summed E-state index contributed by atoms with van der Waals surface area (Å²) >= 11 is 0. The number of aliphatic hydroxyl groups is 2. The maximum Gasteiger partial charge on any atom is 0.293 e. The van der Waals surface area contributed by atoms with Crippen molar-refractivity contribution < 1.29 is 29.8 Å². The SMILES string of the molecule is CN=C(N)[NH+]1CC[C@H](CNCCO)[C@@]2(C1)[C@@H]1CC[C@@H](C)[C@]23C[C@](O)(COC2CCCC2)C(C(=O)[O-])=C3C1. The fraction of sp³-hybridized carbons (Fsp3) is 0.857. The van der Waals surface area contributed by atoms with Gasteiger partial charge in [0.1, 0.15) is 5.60 Å². The average Bonchev–Trinajstić information content (AvgIpc) is 3.52. The highest BCUT2D eigenvalue weighted by molar-refractivity contribution is 5.90. The van der Waals surface area contributed by atoms with Gasteiger partial charge in [-0.25, -0.2) is 4.99 Å². The molecule has 5 rings (SSSR count). The molecule has 3 saturated carbocycles. The molecule has 0 aromatic rings. The first-order chi connectivity index (χ1) is 17.7. The van der Waals surface area contributed by atoms with Gasteiger partial charge in [-0.05, 0) is 62.8 Å². The molecular formula is C28H46N4O5. The largest absolute Gasteiger partial charge is 0.545 e. The Bertz CT molecular complexity index is 949. The topological polar surface area (TPSA) is 145 Å². The van der Waals surface area contributed by atoms with Crippen molar-refractivity contribution in [1.29, 1.82) is 0 Å². The van der Waals surface area contributed by atoms with E-state index in [9.17, 15) is 20.1 Å². The quantitative estimate of drug-likeness (QED) is 0.157. The molecule has 9 heteroatoms. The molecular weight excluding hydrogens is 472 g/mol. The molecule has 1 unspecified atom stereocenters. The van der Waals surface area contributed by atoms with Crippen LogP contribution < -0.4 is 21.1 Å². The summed E-state index contributed by atoms with van der Waals surface area (Å²) in [6.07, 6.45) is 8.29. The number of likely N-dealkylation sites (tertiary alicyclic amines) is 1. The second-order valence-electron chi connectivity index (χ2n) is 12.5. The van der Waals surface area contributed by atoms with Crippen molar-refractivity contribution in [3.63, 3.8) is 0 Å². The van der Waals surface area contributed by atoms with Crippen LogP contribution in [0.15, 0.2) is 16.1 Å². The molecule has 6 N–H and O–H groups in total. The Morgan fingerprint density at radius 3 is 2.70 bits per heavy atom. The Labute approximate surface area is 220 Å². The number of quaternary nitrogens is 1. The lowest BCUT2D eigenvalue weighted by molar-refractivity contribution is -0.828. The lowest BCUT2D eigenvalue weighted by atomic mass is 9.45. The number of ether oxygens (including phenoxy) is 1. The van der Waals surface area contributed by atoms with E-state index in [0.717, 1.165) is 75.1 Å². The van der Waals surface area contributed by atoms with Crippen LogP contribution in [0.4, 0.5) is 0 Å². The molecule has 4 aliphatic carbocycles. The molecule has 0 aromatic carbocycles. The van der Waals surface area contributed by atoms with E-state index in [-0.39, 0.29) is 42.1 Å². The average molecular weight is 519 g/mol. The number of hydrogen-bond donors (Lipinski definition) is 5. The Hall–Kier alpha value is -1.52. The van der Waals surface area contributed by atoms with Crippen LogP contribution in [-0.4, -0.2) is 80.3 Å². The van der Waals surface area contributed by atoms with Crippen molar-refractivity contribution >= 4 is 11.9 Å². The highest BCUT2D eigenvalue weighted by atomic mass is 16.5. The first-order valence-electron chi connectivity index (χ1n) is 14.4. The van der Waals surface area contributed by atoms with Crippen LogP contribution in [0, 0.1) is 28.6 Å². The highest BCUT2D eigenvalue weighted by Gasteiger charge is 2.75. The summed E-state index contributed by atoms with van der Waals surface area (Å²) in [6.45, 7) is 5.28. The van der Waals surface area contributed by atoms with E-state index in [2.05, 4.69) is 17.2 Å². The number of nitrogens with zero attached hydrogens (tertiary/aromatic N) is 1. The van der Waals surface area contributed by atoms with Crippen molar-refractivity contribution in [2.75, 3.05) is 46.4 Å². The molecule has 37 heavy (non-hydrogen) atoms. The number of aliphatic carboxylic acids is 1. The van der Waals surface area contributed by atoms with Gasteiger partial charge in [-0.3, -0.25) is 4.90 Å². The molecule has 4 fully saturated rings. The van der Waals surface area contributed by atoms with Gasteiger partial charge in [-0.15, -0.1) is 0 Å². The van der Waals surface area contributed by atoms with E-state index >= 15 is 0 Å². The summed E-state index contributed by atoms with van der Waals surface area (Å²) in [7, 11) is 1.73. The number of rotatable bonds is 8. The van der Waals surface area contributed by atoms with Gasteiger partial charge in [-0.1, -0.05) is 25.3 Å². The van der Waals surface area contributed by atoms with Crippen LogP contribution in [0.2, 0.25) is 0 Å². The number of carboxylic acid groups (broad SMARTS) is 1. The van der Waals surface area contributed by atoms with E-state index < -0.39 is 17.0 Å². The monoisotopic (exact) mass is 518 g/mol. The minimum Gasteiger partial charge on any atom is -0.545 e. The minimum absolute atomic E-state index is 0.0161. The number of piperidine rings is 1. The van der Waals surface area contributed by atoms with Gasteiger partial charge in [0.2, 0.25) is 0 Å². The molecule has 1 aliphatic heterocycles. The predicted octanol–water partition coefficient (Wildman–Crippen LogP) is -1.02. The summed E-state index contributed by atoms with van der Waals surface area (Å²) in [5.74, 6) is 0.158. The van der Waals surface area contributed by atoms with Crippen LogP contribution in [0.3, 0.4) is 0 Å². The number of carbonyl (C=O) groups is 1. The summed E-state index contributed by atoms with van der Waals surface area (Å²) in [5.41, 5.74) is 5.20. The second-order valence-corrected chi connectivity index (χ2v) is 12.5. The summed E-state index contributed by atoms with van der Waals surface area (Å²) in [5, 5.41) is 37.8. The Balaban J connectivity index is 1.60. The van der Waals surface area contributed by atoms with Gasteiger partial charge in [0.25, 0.3) is 5.96 Å². The van der Waals surface area contributed by atoms with Gasteiger partial charge in [0.15, 0.2) is 0 Å². The van der Waals surface area contributed by atoms with Gasteiger partial charge < -0.3 is 35.9 Å². The predicted molar refractivity (Wildman–Crippen MR) is 137 cm³/mol. The molecule has 0 radical (unpaired) electrons. The first kappa shape index (κ1) is 27.1. The third-order valence-electron chi connectivity index (χ3n) is 11.1. The second kappa shape index (κ2) is 10.2. The van der Waals surface area contributed by atoms with E-state index in [1.807, 2.05) is 0 Å². The lowest BCUT2D eigenvalue weighted by Crippen LogP contribution is -3.19. The van der Waals surface area contributed by atoms with Gasteiger partial charge in [-0.2, -0.15) is 0 Å². The van der Waals surface area contributed by atoms with E-state index in [1.165, 1.54) is 0 Å². The number of aliphatic imine (C=N–C) groups is 1. The molecule has 2 bridgehead atoms. The van der Waals surface area contributed by atoms with Crippen molar-refractivity contribution in [3.8, 4) is 0 Å². The Morgan fingerprint density at radius 2 is 2.03 bits per heavy atom. The number of aliphatic hydroxyl groups excluding tert-OH is 1. The zero-order chi connectivity index (χ0) is 26.4. The van der Waals surface area contributed by atoms with Gasteiger partial charge in [0, 0.05) is 36.4 Å². The smallest absolute Gasteiger partial charge is 0.293 e. The molecule has 9 nitrogen and oxygen atoms in total. The van der Waals surface area contributed by atoms with Crippen LogP contribution in [0.25, 0.3) is 0 Å². The highest BCUT2D eigenvalue weighted by Crippen LogP contribution is 2.76. The Kier molecular flexibility index (Phi) is 7.48. The normalized spacial score (nSPS) is 42.1. The molecule has 1 saturated heterocycles. The minimum atomic E-state index is -1.55. The first-order valence-corrected chi connectivity index (χ1v) is 14.4. The Morgan fingerprint density at radius 1 is 1.27 bits per heavy atom. The number of carbonyl (C=O) groups excluding carboxylic acids is 1. The molecule has 2 spiro atoms. The van der Waals surface area contributed by atoms with Gasteiger partial charge in [0.05, 0.1) is 38.4 Å². The maximum atomic E-state index is 12.8. The number of guanidine groups is 1. The summed E-state index contributed by atoms with van der Waals surface area (Å²) in [6, 6.07) is 0. The molecule has 208 valence electrons. The van der Waals surface area contributed by atoms with Gasteiger partial charge >= 0.3 is 0 Å². The fourth-order valence-corrected chi connectivity index (χ4v) is 9.63. The standard InChI is InChI=1S/C28H46N4O5/c1-18-7-8-19-13-22-23(24(34)35)26(36,17-37-21-5-3-4-6-21)15-27(18,22)28(19)16-32(25(29)30-2)11-9-20(28)14-31-10-12-33/h18-21,31,33,36H,3-17H2,1-2H3,(H2,29,30)(H,34,35)/t18-,19-,20-,26+,27+,28-/m1/s1. The zero-order valence-corrected chi connectivity index (χ0v) is 22.6. The van der Waals surface area contributed by atoms with E-state index in [0.29, 0.717) is 31.3 Å². The fourth-order valence-electron chi connectivity index (χ4n) is 9.63. The van der Waals surface area contributed by atoms with Crippen molar-refractivity contribution in [3.05, 3.63) is 11.1 Å². The number of nitrogens with one attached hydrogen (secondary N) is 2. The van der Waals surface area contributed by atoms with Crippen LogP contribution in [0.5, 0.6) is 0 Å². The number of hydrogen-bond acceptors (Lipinski definition) is 7. The third kappa shape index (κ3) is 4.07. The molecule has 0 amide bonds. The molecule has 7 atom stereocenters. The van der Waals surface area contributed by atoms with Crippen molar-refractivity contribution in [1.82, 2.24) is 5.32 Å². The van der Waals surface area contributed by atoms with Crippen LogP contribution in [0.1, 0.15) is 64.7 Å². The number of allylic oxidation sites excluding steroid dienone is 1. The lowest BCUT2D eigenvalue weighted by Gasteiger charge is -2.60. The third-order valence-corrected chi connectivity index (χ3v) is 11.1. The summed E-state index contributed by atoms with van der Waals surface area (Å²) < 4.78 is 6.20. The van der Waals surface area contributed by atoms with Crippen molar-refractivity contribution in [2.24, 2.45) is 39.3 Å². The molecule has 5 aliphatic rings. The number of carboxylic acids is 1. The van der Waals surface area contributed by atoms with Crippen LogP contribution in [-0.2, 0) is 9.53 Å². The van der Waals surface area contributed by atoms with E-state index in [4.69, 9.17) is 10.5 Å². The molecule has 1 heterocycles. The summed E-state index contributed by atoms with van der Waals surface area (Å²) in [4.78, 5) is 18.3. The van der Waals surface area contributed by atoms with Crippen LogP contribution >= 0.6 is 0 Å². The maximum absolute atomic E-state index is 12.8. The zero-order valence-electron chi connectivity index (χ0n) is 22.6. The van der Waals surface area contributed by atoms with E-state index in [1.54, 1.807) is 7.05 Å². The number of nitrogens with two attached hydrogens (primary N) is 1. The molecule has 0 aromatic heterocycles. The van der Waals surface area contributed by atoms with Crippen molar-refractivity contribution in [2.45, 2.75) is 76.4 Å².